The number of hydrogen-bond donors (Lipinski definition) is 2. The molecule has 19 heavy (non-hydrogen) atoms. The summed E-state index contributed by atoms with van der Waals surface area (Å²) in [5.74, 6) is 0.399. The van der Waals surface area contributed by atoms with Crippen molar-refractivity contribution in [1.29, 1.82) is 0 Å². The van der Waals surface area contributed by atoms with Gasteiger partial charge in [0.05, 0.1) is 12.8 Å². The van der Waals surface area contributed by atoms with Crippen molar-refractivity contribution in [3.8, 4) is 5.75 Å². The quantitative estimate of drug-likeness (QED) is 0.850. The molecule has 0 saturated heterocycles. The van der Waals surface area contributed by atoms with E-state index in [1.165, 1.54) is 0 Å². The van der Waals surface area contributed by atoms with E-state index >= 15 is 0 Å². The van der Waals surface area contributed by atoms with E-state index in [1.54, 1.807) is 31.5 Å². The number of nitrogens with one attached hydrogen (secondary N) is 2. The fourth-order valence-corrected chi connectivity index (χ4v) is 1.64. The molecule has 0 aliphatic heterocycles. The van der Waals surface area contributed by atoms with Crippen LogP contribution in [0.2, 0.25) is 0 Å². The Morgan fingerprint density at radius 1 is 1.32 bits per heavy atom. The number of methoxy groups -OCH3 is 1. The number of ether oxygens (including phenoxy) is 1. The van der Waals surface area contributed by atoms with Crippen LogP contribution in [0.3, 0.4) is 0 Å². The SMILES string of the molecule is COc1cccc(NNC(=O)c2ccc(Br)cn2)c1. The summed E-state index contributed by atoms with van der Waals surface area (Å²) in [4.78, 5) is 15.8. The van der Waals surface area contributed by atoms with E-state index in [0.717, 1.165) is 10.2 Å². The lowest BCUT2D eigenvalue weighted by Gasteiger charge is -2.09. The van der Waals surface area contributed by atoms with Gasteiger partial charge in [-0.15, -0.1) is 0 Å². The molecular formula is C13H12BrN3O2. The summed E-state index contributed by atoms with van der Waals surface area (Å²) < 4.78 is 5.91. The maximum absolute atomic E-state index is 11.8. The second kappa shape index (κ2) is 6.19. The Hall–Kier alpha value is -2.08. The molecule has 0 aliphatic rings. The van der Waals surface area contributed by atoms with Gasteiger partial charge >= 0.3 is 0 Å². The number of halogens is 1. The summed E-state index contributed by atoms with van der Waals surface area (Å²) in [7, 11) is 1.59. The highest BCUT2D eigenvalue weighted by atomic mass is 79.9. The number of nitrogens with zero attached hydrogens (tertiary/aromatic N) is 1. The van der Waals surface area contributed by atoms with Crippen LogP contribution in [0.5, 0.6) is 5.75 Å². The van der Waals surface area contributed by atoms with Crippen molar-refractivity contribution in [2.24, 2.45) is 0 Å². The van der Waals surface area contributed by atoms with Gasteiger partial charge < -0.3 is 4.74 Å². The van der Waals surface area contributed by atoms with E-state index in [9.17, 15) is 4.79 Å². The van der Waals surface area contributed by atoms with Crippen LogP contribution in [0.4, 0.5) is 5.69 Å². The van der Waals surface area contributed by atoms with Crippen molar-refractivity contribution in [1.82, 2.24) is 10.4 Å². The topological polar surface area (TPSA) is 63.2 Å². The molecule has 1 heterocycles. The second-order valence-corrected chi connectivity index (χ2v) is 4.59. The first-order valence-corrected chi connectivity index (χ1v) is 6.30. The monoisotopic (exact) mass is 321 g/mol. The molecule has 1 amide bonds. The zero-order chi connectivity index (χ0) is 13.7. The van der Waals surface area contributed by atoms with Gasteiger partial charge in [0, 0.05) is 16.7 Å². The van der Waals surface area contributed by atoms with Crippen LogP contribution in [0.1, 0.15) is 10.5 Å². The number of benzene rings is 1. The molecule has 98 valence electrons. The third-order valence-electron chi connectivity index (χ3n) is 2.35. The second-order valence-electron chi connectivity index (χ2n) is 3.67. The van der Waals surface area contributed by atoms with Crippen LogP contribution in [0, 0.1) is 0 Å². The molecule has 1 aromatic carbocycles. The molecule has 6 heteroatoms. The molecule has 0 saturated carbocycles. The Bertz CT molecular complexity index is 572. The molecule has 2 aromatic rings. The van der Waals surface area contributed by atoms with Crippen molar-refractivity contribution < 1.29 is 9.53 Å². The largest absolute Gasteiger partial charge is 0.497 e. The van der Waals surface area contributed by atoms with Crippen LogP contribution in [0.25, 0.3) is 0 Å². The minimum Gasteiger partial charge on any atom is -0.497 e. The van der Waals surface area contributed by atoms with Gasteiger partial charge in [-0.2, -0.15) is 0 Å². The van der Waals surface area contributed by atoms with E-state index in [-0.39, 0.29) is 5.91 Å². The van der Waals surface area contributed by atoms with Crippen molar-refractivity contribution in [2.45, 2.75) is 0 Å². The summed E-state index contributed by atoms with van der Waals surface area (Å²) in [5.41, 5.74) is 6.42. The molecule has 0 spiro atoms. The lowest BCUT2D eigenvalue weighted by Crippen LogP contribution is -2.29. The number of rotatable bonds is 4. The molecule has 0 aliphatic carbocycles. The molecule has 0 radical (unpaired) electrons. The van der Waals surface area contributed by atoms with Gasteiger partial charge in [-0.25, -0.2) is 4.98 Å². The molecule has 5 nitrogen and oxygen atoms in total. The van der Waals surface area contributed by atoms with Crippen LogP contribution < -0.4 is 15.6 Å². The fourth-order valence-electron chi connectivity index (χ4n) is 1.40. The number of carbonyl (C=O) groups is 1. The van der Waals surface area contributed by atoms with E-state index in [1.807, 2.05) is 18.2 Å². The number of anilines is 1. The summed E-state index contributed by atoms with van der Waals surface area (Å²) in [6.07, 6.45) is 1.57. The average Bonchev–Trinajstić information content (AvgIpc) is 2.46. The van der Waals surface area contributed by atoms with Crippen molar-refractivity contribution in [3.05, 3.63) is 52.8 Å². The number of aromatic nitrogens is 1. The van der Waals surface area contributed by atoms with Crippen LogP contribution >= 0.6 is 15.9 Å². The van der Waals surface area contributed by atoms with Gasteiger partial charge in [-0.3, -0.25) is 15.6 Å². The third kappa shape index (κ3) is 3.69. The molecule has 0 atom stereocenters. The Labute approximate surface area is 119 Å². The van der Waals surface area contributed by atoms with Crippen molar-refractivity contribution >= 4 is 27.5 Å². The molecule has 2 rings (SSSR count). The van der Waals surface area contributed by atoms with Gasteiger partial charge in [0.25, 0.3) is 5.91 Å². The molecule has 0 fully saturated rings. The first-order chi connectivity index (χ1) is 9.19. The number of carbonyl (C=O) groups excluding carboxylic acids is 1. The van der Waals surface area contributed by atoms with Crippen molar-refractivity contribution in [2.75, 3.05) is 12.5 Å². The first-order valence-electron chi connectivity index (χ1n) is 5.51. The highest BCUT2D eigenvalue weighted by Crippen LogP contribution is 2.15. The van der Waals surface area contributed by atoms with E-state index < -0.39 is 0 Å². The summed E-state index contributed by atoms with van der Waals surface area (Å²) in [6.45, 7) is 0. The highest BCUT2D eigenvalue weighted by Gasteiger charge is 2.06. The minimum atomic E-state index is -0.310. The van der Waals surface area contributed by atoms with E-state index in [2.05, 4.69) is 31.8 Å². The minimum absolute atomic E-state index is 0.310. The van der Waals surface area contributed by atoms with Gasteiger partial charge in [-0.1, -0.05) is 6.07 Å². The van der Waals surface area contributed by atoms with Gasteiger partial charge in [0.15, 0.2) is 0 Å². The summed E-state index contributed by atoms with van der Waals surface area (Å²) in [6, 6.07) is 10.6. The van der Waals surface area contributed by atoms with Crippen LogP contribution in [-0.4, -0.2) is 18.0 Å². The molecular weight excluding hydrogens is 310 g/mol. The average molecular weight is 322 g/mol. The number of amides is 1. The normalized spacial score (nSPS) is 9.79. The smallest absolute Gasteiger partial charge is 0.288 e. The Kier molecular flexibility index (Phi) is 4.35. The lowest BCUT2D eigenvalue weighted by atomic mass is 10.3. The number of hydrogen-bond acceptors (Lipinski definition) is 4. The van der Waals surface area contributed by atoms with Gasteiger partial charge in [0.2, 0.25) is 0 Å². The molecule has 2 N–H and O–H groups in total. The number of hydrazine groups is 1. The fraction of sp³-hybridized carbons (Fsp3) is 0.0769. The Balaban J connectivity index is 1.98. The zero-order valence-electron chi connectivity index (χ0n) is 10.2. The van der Waals surface area contributed by atoms with Crippen molar-refractivity contribution in [3.63, 3.8) is 0 Å². The van der Waals surface area contributed by atoms with E-state index in [4.69, 9.17) is 4.74 Å². The standard InChI is InChI=1S/C13H12BrN3O2/c1-19-11-4-2-3-10(7-11)16-17-13(18)12-6-5-9(14)8-15-12/h2-8,16H,1H3,(H,17,18). The zero-order valence-corrected chi connectivity index (χ0v) is 11.8. The maximum Gasteiger partial charge on any atom is 0.288 e. The van der Waals surface area contributed by atoms with E-state index in [0.29, 0.717) is 11.4 Å². The van der Waals surface area contributed by atoms with Gasteiger partial charge in [-0.05, 0) is 40.2 Å². The molecule has 0 unspecified atom stereocenters. The highest BCUT2D eigenvalue weighted by molar-refractivity contribution is 9.10. The summed E-state index contributed by atoms with van der Waals surface area (Å²) >= 11 is 3.26. The molecule has 0 bridgehead atoms. The predicted octanol–water partition coefficient (Wildman–Crippen LogP) is 2.61. The Morgan fingerprint density at radius 3 is 2.84 bits per heavy atom. The first kappa shape index (κ1) is 13.4. The lowest BCUT2D eigenvalue weighted by molar-refractivity contribution is 0.0957. The van der Waals surface area contributed by atoms with Crippen LogP contribution in [-0.2, 0) is 0 Å². The third-order valence-corrected chi connectivity index (χ3v) is 2.82. The number of pyridine rings is 1. The predicted molar refractivity (Wildman–Crippen MR) is 76.0 cm³/mol. The Morgan fingerprint density at radius 2 is 2.16 bits per heavy atom. The van der Waals surface area contributed by atoms with Gasteiger partial charge in [0.1, 0.15) is 11.4 Å². The molecule has 1 aromatic heterocycles. The maximum atomic E-state index is 11.8. The van der Waals surface area contributed by atoms with Crippen LogP contribution in [0.15, 0.2) is 47.1 Å². The summed E-state index contributed by atoms with van der Waals surface area (Å²) in [5, 5.41) is 0.